The third-order valence-electron chi connectivity index (χ3n) is 3.04. The Morgan fingerprint density at radius 1 is 1.16 bits per heavy atom. The van der Waals surface area contributed by atoms with E-state index in [2.05, 4.69) is 6.92 Å². The first-order chi connectivity index (χ1) is 9.20. The van der Waals surface area contributed by atoms with Gasteiger partial charge in [0, 0.05) is 16.6 Å². The van der Waals surface area contributed by atoms with Crippen molar-refractivity contribution in [2.75, 3.05) is 0 Å². The zero-order chi connectivity index (χ0) is 13.7. The topological polar surface area (TPSA) is 35.2 Å². The summed E-state index contributed by atoms with van der Waals surface area (Å²) in [6, 6.07) is 15.6. The van der Waals surface area contributed by atoms with Crippen molar-refractivity contribution in [2.45, 2.75) is 26.0 Å². The number of ether oxygens (including phenoxy) is 1. The Morgan fingerprint density at radius 2 is 1.95 bits per heavy atom. The standard InChI is InChI=1S/C16H18ClNO/c1-2-15(18)14-8-3-4-9-16(14)19-11-12-6-5-7-13(17)10-12/h3-10,15H,2,11,18H2,1H3. The van der Waals surface area contributed by atoms with E-state index in [4.69, 9.17) is 22.1 Å². The van der Waals surface area contributed by atoms with Gasteiger partial charge < -0.3 is 10.5 Å². The molecule has 1 unspecified atom stereocenters. The highest BCUT2D eigenvalue weighted by Gasteiger charge is 2.09. The van der Waals surface area contributed by atoms with E-state index in [1.165, 1.54) is 0 Å². The van der Waals surface area contributed by atoms with Gasteiger partial charge in [-0.05, 0) is 30.2 Å². The first-order valence-electron chi connectivity index (χ1n) is 6.42. The van der Waals surface area contributed by atoms with E-state index in [-0.39, 0.29) is 6.04 Å². The van der Waals surface area contributed by atoms with Gasteiger partial charge in [0.1, 0.15) is 12.4 Å². The van der Waals surface area contributed by atoms with Crippen LogP contribution in [0.15, 0.2) is 48.5 Å². The van der Waals surface area contributed by atoms with Crippen LogP contribution in [0.25, 0.3) is 0 Å². The Hall–Kier alpha value is -1.51. The molecule has 0 spiro atoms. The summed E-state index contributed by atoms with van der Waals surface area (Å²) in [6.07, 6.45) is 0.886. The second-order valence-corrected chi connectivity index (χ2v) is 4.91. The summed E-state index contributed by atoms with van der Waals surface area (Å²) in [4.78, 5) is 0. The molecule has 0 aliphatic rings. The normalized spacial score (nSPS) is 12.2. The van der Waals surface area contributed by atoms with Crippen molar-refractivity contribution in [1.82, 2.24) is 0 Å². The van der Waals surface area contributed by atoms with Crippen molar-refractivity contribution in [1.29, 1.82) is 0 Å². The molecule has 2 N–H and O–H groups in total. The summed E-state index contributed by atoms with van der Waals surface area (Å²) < 4.78 is 5.86. The van der Waals surface area contributed by atoms with Gasteiger partial charge in [-0.1, -0.05) is 48.9 Å². The van der Waals surface area contributed by atoms with E-state index in [0.29, 0.717) is 6.61 Å². The minimum atomic E-state index is 0.00978. The average Bonchev–Trinajstić information content (AvgIpc) is 2.45. The Bertz CT molecular complexity index is 542. The lowest BCUT2D eigenvalue weighted by atomic mass is 10.0. The number of rotatable bonds is 5. The van der Waals surface area contributed by atoms with Crippen molar-refractivity contribution >= 4 is 11.6 Å². The molecule has 2 rings (SSSR count). The quantitative estimate of drug-likeness (QED) is 0.881. The maximum Gasteiger partial charge on any atom is 0.124 e. The molecule has 0 aliphatic carbocycles. The summed E-state index contributed by atoms with van der Waals surface area (Å²) in [5.41, 5.74) is 8.18. The molecule has 0 heterocycles. The summed E-state index contributed by atoms with van der Waals surface area (Å²) >= 11 is 5.96. The molecule has 19 heavy (non-hydrogen) atoms. The van der Waals surface area contributed by atoms with Crippen LogP contribution in [0.5, 0.6) is 5.75 Å². The second-order valence-electron chi connectivity index (χ2n) is 4.47. The Kier molecular flexibility index (Phi) is 4.83. The highest BCUT2D eigenvalue weighted by molar-refractivity contribution is 6.30. The molecule has 0 radical (unpaired) electrons. The first-order valence-corrected chi connectivity index (χ1v) is 6.80. The van der Waals surface area contributed by atoms with Crippen LogP contribution >= 0.6 is 11.6 Å². The van der Waals surface area contributed by atoms with E-state index >= 15 is 0 Å². The van der Waals surface area contributed by atoms with Crippen LogP contribution < -0.4 is 10.5 Å². The Balaban J connectivity index is 2.11. The molecule has 0 fully saturated rings. The number of hydrogen-bond acceptors (Lipinski definition) is 2. The van der Waals surface area contributed by atoms with Gasteiger partial charge in [0.25, 0.3) is 0 Å². The summed E-state index contributed by atoms with van der Waals surface area (Å²) in [5.74, 6) is 0.844. The largest absolute Gasteiger partial charge is 0.489 e. The van der Waals surface area contributed by atoms with E-state index in [9.17, 15) is 0 Å². The molecule has 0 bridgehead atoms. The van der Waals surface area contributed by atoms with Gasteiger partial charge in [0.05, 0.1) is 0 Å². The molecule has 0 aromatic heterocycles. The lowest BCUT2D eigenvalue weighted by molar-refractivity contribution is 0.300. The van der Waals surface area contributed by atoms with E-state index in [0.717, 1.165) is 28.3 Å². The fraction of sp³-hybridized carbons (Fsp3) is 0.250. The van der Waals surface area contributed by atoms with Crippen molar-refractivity contribution in [2.24, 2.45) is 5.73 Å². The van der Waals surface area contributed by atoms with E-state index < -0.39 is 0 Å². The zero-order valence-corrected chi connectivity index (χ0v) is 11.7. The minimum Gasteiger partial charge on any atom is -0.489 e. The fourth-order valence-electron chi connectivity index (χ4n) is 1.93. The highest BCUT2D eigenvalue weighted by atomic mass is 35.5. The molecule has 2 aromatic rings. The Morgan fingerprint density at radius 3 is 2.68 bits per heavy atom. The summed E-state index contributed by atoms with van der Waals surface area (Å²) in [5, 5.41) is 0.722. The molecular weight excluding hydrogens is 258 g/mol. The van der Waals surface area contributed by atoms with Gasteiger partial charge in [0.2, 0.25) is 0 Å². The molecule has 0 saturated carbocycles. The lowest BCUT2D eigenvalue weighted by Gasteiger charge is -2.15. The number of para-hydroxylation sites is 1. The molecule has 0 amide bonds. The van der Waals surface area contributed by atoms with Gasteiger partial charge in [-0.15, -0.1) is 0 Å². The number of hydrogen-bond donors (Lipinski definition) is 1. The maximum atomic E-state index is 6.09. The first kappa shape index (κ1) is 13.9. The van der Waals surface area contributed by atoms with E-state index in [1.54, 1.807) is 0 Å². The van der Waals surface area contributed by atoms with Crippen LogP contribution in [0.1, 0.15) is 30.5 Å². The van der Waals surface area contributed by atoms with Crippen LogP contribution in [-0.2, 0) is 6.61 Å². The molecule has 0 saturated heterocycles. The predicted molar refractivity (Wildman–Crippen MR) is 79.4 cm³/mol. The monoisotopic (exact) mass is 275 g/mol. The molecule has 3 heteroatoms. The van der Waals surface area contributed by atoms with Gasteiger partial charge in [-0.3, -0.25) is 0 Å². The average molecular weight is 276 g/mol. The SMILES string of the molecule is CCC(N)c1ccccc1OCc1cccc(Cl)c1. The van der Waals surface area contributed by atoms with Crippen molar-refractivity contribution < 1.29 is 4.74 Å². The molecule has 0 aliphatic heterocycles. The number of benzene rings is 2. The van der Waals surface area contributed by atoms with Gasteiger partial charge in [0.15, 0.2) is 0 Å². The molecule has 2 aromatic carbocycles. The van der Waals surface area contributed by atoms with Crippen molar-refractivity contribution in [3.05, 3.63) is 64.7 Å². The van der Waals surface area contributed by atoms with Crippen LogP contribution in [0.2, 0.25) is 5.02 Å². The number of nitrogens with two attached hydrogens (primary N) is 1. The maximum absolute atomic E-state index is 6.09. The molecular formula is C16H18ClNO. The van der Waals surface area contributed by atoms with Gasteiger partial charge >= 0.3 is 0 Å². The third-order valence-corrected chi connectivity index (χ3v) is 3.28. The van der Waals surface area contributed by atoms with Crippen molar-refractivity contribution in [3.63, 3.8) is 0 Å². The van der Waals surface area contributed by atoms with E-state index in [1.807, 2.05) is 48.5 Å². The van der Waals surface area contributed by atoms with Crippen LogP contribution in [0, 0.1) is 0 Å². The van der Waals surface area contributed by atoms with Crippen LogP contribution in [0.4, 0.5) is 0 Å². The minimum absolute atomic E-state index is 0.00978. The summed E-state index contributed by atoms with van der Waals surface area (Å²) in [6.45, 7) is 2.56. The van der Waals surface area contributed by atoms with Crippen LogP contribution in [-0.4, -0.2) is 0 Å². The molecule has 100 valence electrons. The highest BCUT2D eigenvalue weighted by Crippen LogP contribution is 2.26. The molecule has 2 nitrogen and oxygen atoms in total. The predicted octanol–water partition coefficient (Wildman–Crippen LogP) is 4.33. The zero-order valence-electron chi connectivity index (χ0n) is 11.0. The second kappa shape index (κ2) is 6.60. The van der Waals surface area contributed by atoms with Gasteiger partial charge in [-0.25, -0.2) is 0 Å². The van der Waals surface area contributed by atoms with Crippen LogP contribution in [0.3, 0.4) is 0 Å². The van der Waals surface area contributed by atoms with Crippen molar-refractivity contribution in [3.8, 4) is 5.75 Å². The lowest BCUT2D eigenvalue weighted by Crippen LogP contribution is -2.10. The third kappa shape index (κ3) is 3.72. The Labute approximate surface area is 119 Å². The fourth-order valence-corrected chi connectivity index (χ4v) is 2.14. The van der Waals surface area contributed by atoms with Gasteiger partial charge in [-0.2, -0.15) is 0 Å². The molecule has 1 atom stereocenters. The summed E-state index contributed by atoms with van der Waals surface area (Å²) in [7, 11) is 0. The number of halogens is 1. The smallest absolute Gasteiger partial charge is 0.124 e.